The lowest BCUT2D eigenvalue weighted by molar-refractivity contribution is 0.0746. The Balaban J connectivity index is 1.45. The van der Waals surface area contributed by atoms with E-state index in [1.807, 2.05) is 35.2 Å². The average molecular weight is 332 g/mol. The lowest BCUT2D eigenvalue weighted by Gasteiger charge is -2.35. The van der Waals surface area contributed by atoms with Gasteiger partial charge in [0.1, 0.15) is 17.6 Å². The number of piperazine rings is 1. The zero-order chi connectivity index (χ0) is 17.2. The van der Waals surface area contributed by atoms with Crippen molar-refractivity contribution in [3.8, 4) is 6.07 Å². The zero-order valence-electron chi connectivity index (χ0n) is 13.5. The van der Waals surface area contributed by atoms with Crippen LogP contribution < -0.4 is 4.90 Å². The summed E-state index contributed by atoms with van der Waals surface area (Å²) in [5, 5.41) is 8.97. The number of benzene rings is 1. The van der Waals surface area contributed by atoms with E-state index in [-0.39, 0.29) is 5.91 Å². The molecule has 124 valence electrons. The second-order valence-electron chi connectivity index (χ2n) is 5.91. The predicted molar refractivity (Wildman–Crippen MR) is 93.2 cm³/mol. The van der Waals surface area contributed by atoms with E-state index in [0.29, 0.717) is 37.4 Å². The van der Waals surface area contributed by atoms with Crippen LogP contribution in [0, 0.1) is 11.3 Å². The Kier molecular flexibility index (Phi) is 3.78. The quantitative estimate of drug-likeness (QED) is 0.773. The van der Waals surface area contributed by atoms with E-state index in [0.717, 1.165) is 16.9 Å². The van der Waals surface area contributed by atoms with Crippen molar-refractivity contribution in [3.05, 3.63) is 54.0 Å². The molecule has 1 amide bonds. The number of aromatic nitrogens is 3. The molecule has 2 aromatic heterocycles. The van der Waals surface area contributed by atoms with E-state index >= 15 is 0 Å². The van der Waals surface area contributed by atoms with Gasteiger partial charge in [0.2, 0.25) is 0 Å². The predicted octanol–water partition coefficient (Wildman–Crippen LogP) is 1.79. The van der Waals surface area contributed by atoms with Gasteiger partial charge in [-0.2, -0.15) is 5.26 Å². The third kappa shape index (κ3) is 2.90. The summed E-state index contributed by atoms with van der Waals surface area (Å²) < 4.78 is 0. The number of carbonyl (C=O) groups is 1. The molecule has 0 atom stereocenters. The van der Waals surface area contributed by atoms with Gasteiger partial charge in [0.05, 0.1) is 17.4 Å². The number of pyridine rings is 1. The van der Waals surface area contributed by atoms with Gasteiger partial charge in [0.15, 0.2) is 0 Å². The number of hydrogen-bond donors (Lipinski definition) is 1. The fourth-order valence-electron chi connectivity index (χ4n) is 3.05. The molecule has 0 saturated carbocycles. The third-order valence-corrected chi connectivity index (χ3v) is 4.41. The molecular weight excluding hydrogens is 316 g/mol. The van der Waals surface area contributed by atoms with E-state index in [1.54, 1.807) is 12.4 Å². The molecule has 0 spiro atoms. The standard InChI is InChI=1S/C18H16N6O/c19-11-14-2-1-3-17(22-14)23-6-8-24(9-7-23)18(25)13-4-5-15-16(10-13)21-12-20-15/h1-5,10,12H,6-9H2,(H,20,21). The number of nitrogens with one attached hydrogen (secondary N) is 1. The number of fused-ring (bicyclic) bond motifs is 1. The van der Waals surface area contributed by atoms with Gasteiger partial charge in [-0.05, 0) is 30.3 Å². The molecule has 1 N–H and O–H groups in total. The van der Waals surface area contributed by atoms with Crippen LogP contribution in [0.4, 0.5) is 5.82 Å². The molecule has 1 fully saturated rings. The molecule has 7 heteroatoms. The van der Waals surface area contributed by atoms with Gasteiger partial charge < -0.3 is 14.8 Å². The molecule has 1 aliphatic rings. The molecule has 1 saturated heterocycles. The zero-order valence-corrected chi connectivity index (χ0v) is 13.5. The molecule has 0 unspecified atom stereocenters. The number of nitriles is 1. The Morgan fingerprint density at radius 1 is 1.16 bits per heavy atom. The second kappa shape index (κ2) is 6.24. The summed E-state index contributed by atoms with van der Waals surface area (Å²) in [5.41, 5.74) is 2.78. The number of aromatic amines is 1. The Morgan fingerprint density at radius 2 is 2.00 bits per heavy atom. The first-order valence-electron chi connectivity index (χ1n) is 8.09. The van der Waals surface area contributed by atoms with Crippen LogP contribution in [0.3, 0.4) is 0 Å². The van der Waals surface area contributed by atoms with Crippen LogP contribution in [0.25, 0.3) is 11.0 Å². The number of rotatable bonds is 2. The van der Waals surface area contributed by atoms with Gasteiger partial charge in [-0.1, -0.05) is 6.07 Å². The molecular formula is C18H16N6O. The molecule has 3 aromatic rings. The maximum Gasteiger partial charge on any atom is 0.254 e. The van der Waals surface area contributed by atoms with Crippen LogP contribution in [-0.2, 0) is 0 Å². The molecule has 0 radical (unpaired) electrons. The highest BCUT2D eigenvalue weighted by atomic mass is 16.2. The van der Waals surface area contributed by atoms with Gasteiger partial charge in [0, 0.05) is 31.7 Å². The van der Waals surface area contributed by atoms with Crippen LogP contribution in [0.15, 0.2) is 42.7 Å². The summed E-state index contributed by atoms with van der Waals surface area (Å²) in [5.74, 6) is 0.805. The van der Waals surface area contributed by atoms with Crippen LogP contribution in [0.1, 0.15) is 16.1 Å². The average Bonchev–Trinajstić information content (AvgIpc) is 3.15. The molecule has 1 aliphatic heterocycles. The second-order valence-corrected chi connectivity index (χ2v) is 5.91. The largest absolute Gasteiger partial charge is 0.353 e. The van der Waals surface area contributed by atoms with E-state index in [2.05, 4.69) is 25.9 Å². The lowest BCUT2D eigenvalue weighted by atomic mass is 10.1. The Morgan fingerprint density at radius 3 is 2.80 bits per heavy atom. The third-order valence-electron chi connectivity index (χ3n) is 4.41. The van der Waals surface area contributed by atoms with Crippen LogP contribution in [-0.4, -0.2) is 51.9 Å². The molecule has 1 aromatic carbocycles. The summed E-state index contributed by atoms with van der Waals surface area (Å²) in [6, 6.07) is 13.0. The van der Waals surface area contributed by atoms with Crippen molar-refractivity contribution >= 4 is 22.8 Å². The van der Waals surface area contributed by atoms with Gasteiger partial charge in [-0.3, -0.25) is 4.79 Å². The van der Waals surface area contributed by atoms with Crippen molar-refractivity contribution in [2.75, 3.05) is 31.1 Å². The lowest BCUT2D eigenvalue weighted by Crippen LogP contribution is -2.49. The molecule has 4 rings (SSSR count). The first kappa shape index (κ1) is 15.1. The highest BCUT2D eigenvalue weighted by Crippen LogP contribution is 2.17. The van der Waals surface area contributed by atoms with E-state index in [4.69, 9.17) is 5.26 Å². The van der Waals surface area contributed by atoms with Gasteiger partial charge in [0.25, 0.3) is 5.91 Å². The SMILES string of the molecule is N#Cc1cccc(N2CCN(C(=O)c3ccc4nc[nH]c4c3)CC2)n1. The summed E-state index contributed by atoms with van der Waals surface area (Å²) in [4.78, 5) is 28.2. The first-order chi connectivity index (χ1) is 12.2. The van der Waals surface area contributed by atoms with Crippen LogP contribution in [0.2, 0.25) is 0 Å². The van der Waals surface area contributed by atoms with E-state index in [1.165, 1.54) is 0 Å². The minimum Gasteiger partial charge on any atom is -0.353 e. The fraction of sp³-hybridized carbons (Fsp3) is 0.222. The highest BCUT2D eigenvalue weighted by molar-refractivity contribution is 5.97. The highest BCUT2D eigenvalue weighted by Gasteiger charge is 2.23. The van der Waals surface area contributed by atoms with Crippen molar-refractivity contribution in [1.82, 2.24) is 19.9 Å². The number of anilines is 1. The van der Waals surface area contributed by atoms with Crippen molar-refractivity contribution < 1.29 is 4.79 Å². The summed E-state index contributed by atoms with van der Waals surface area (Å²) in [6.45, 7) is 2.64. The van der Waals surface area contributed by atoms with Crippen molar-refractivity contribution in [1.29, 1.82) is 5.26 Å². The molecule has 3 heterocycles. The Bertz CT molecular complexity index is 965. The number of H-pyrrole nitrogens is 1. The Hall–Kier alpha value is -3.40. The number of amides is 1. The minimum absolute atomic E-state index is 0.0230. The van der Waals surface area contributed by atoms with Gasteiger partial charge >= 0.3 is 0 Å². The number of hydrogen-bond acceptors (Lipinski definition) is 5. The Labute approximate surface area is 144 Å². The van der Waals surface area contributed by atoms with Crippen molar-refractivity contribution in [3.63, 3.8) is 0 Å². The summed E-state index contributed by atoms with van der Waals surface area (Å²) in [6.07, 6.45) is 1.63. The first-order valence-corrected chi connectivity index (χ1v) is 8.09. The minimum atomic E-state index is 0.0230. The van der Waals surface area contributed by atoms with Crippen LogP contribution >= 0.6 is 0 Å². The maximum atomic E-state index is 12.7. The van der Waals surface area contributed by atoms with E-state index < -0.39 is 0 Å². The molecule has 0 aliphatic carbocycles. The topological polar surface area (TPSA) is 88.9 Å². The van der Waals surface area contributed by atoms with Crippen LogP contribution in [0.5, 0.6) is 0 Å². The van der Waals surface area contributed by atoms with E-state index in [9.17, 15) is 4.79 Å². The molecule has 0 bridgehead atoms. The number of nitrogens with zero attached hydrogens (tertiary/aromatic N) is 5. The van der Waals surface area contributed by atoms with Crippen molar-refractivity contribution in [2.24, 2.45) is 0 Å². The fourth-order valence-corrected chi connectivity index (χ4v) is 3.05. The van der Waals surface area contributed by atoms with Gasteiger partial charge in [-0.15, -0.1) is 0 Å². The van der Waals surface area contributed by atoms with Crippen molar-refractivity contribution in [2.45, 2.75) is 0 Å². The molecule has 7 nitrogen and oxygen atoms in total. The number of carbonyl (C=O) groups excluding carboxylic acids is 1. The normalized spacial score (nSPS) is 14.5. The maximum absolute atomic E-state index is 12.7. The monoisotopic (exact) mass is 332 g/mol. The summed E-state index contributed by atoms with van der Waals surface area (Å²) in [7, 11) is 0. The molecule has 25 heavy (non-hydrogen) atoms. The summed E-state index contributed by atoms with van der Waals surface area (Å²) >= 11 is 0. The number of imidazole rings is 1. The smallest absolute Gasteiger partial charge is 0.254 e. The van der Waals surface area contributed by atoms with Gasteiger partial charge in [-0.25, -0.2) is 9.97 Å².